The van der Waals surface area contributed by atoms with Crippen LogP contribution in [-0.2, 0) is 9.53 Å². The highest BCUT2D eigenvalue weighted by Gasteiger charge is 1.94. The van der Waals surface area contributed by atoms with Crippen LogP contribution in [0, 0.1) is 0 Å². The molecule has 4 nitrogen and oxygen atoms in total. The molecule has 0 saturated heterocycles. The molecule has 0 atom stereocenters. The fraction of sp³-hybridized carbons (Fsp3) is 0.429. The minimum atomic E-state index is -0.426. The lowest BCUT2D eigenvalue weighted by Crippen LogP contribution is -2.00. The molecule has 0 saturated carbocycles. The van der Waals surface area contributed by atoms with Crippen molar-refractivity contribution in [3.05, 3.63) is 11.6 Å². The van der Waals surface area contributed by atoms with Gasteiger partial charge in [-0.15, -0.1) is 0 Å². The maximum atomic E-state index is 10.7. The minimum Gasteiger partial charge on any atom is -0.463 e. The number of oxime groups is 1. The zero-order valence-electron chi connectivity index (χ0n) is 6.57. The van der Waals surface area contributed by atoms with Gasteiger partial charge in [0.15, 0.2) is 0 Å². The molecule has 4 heteroatoms. The van der Waals surface area contributed by atoms with Crippen molar-refractivity contribution in [2.24, 2.45) is 5.16 Å². The van der Waals surface area contributed by atoms with E-state index in [2.05, 4.69) is 9.89 Å². The molecular formula is C7H11NO3. The van der Waals surface area contributed by atoms with Crippen LogP contribution in [0.5, 0.6) is 0 Å². The number of esters is 1. The van der Waals surface area contributed by atoms with E-state index in [1.165, 1.54) is 6.08 Å². The molecule has 0 radical (unpaired) electrons. The molecule has 62 valence electrons. The molecule has 1 N–H and O–H groups in total. The number of allylic oxidation sites excluding steroid dienone is 1. The number of nitrogens with zero attached hydrogens (tertiary/aromatic N) is 1. The zero-order chi connectivity index (χ0) is 8.69. The second kappa shape index (κ2) is 5.46. The predicted octanol–water partition coefficient (Wildman–Crippen LogP) is 0.956. The molecular weight excluding hydrogens is 146 g/mol. The summed E-state index contributed by atoms with van der Waals surface area (Å²) in [6.07, 6.45) is 2.42. The highest BCUT2D eigenvalue weighted by molar-refractivity contribution is 5.90. The Labute approximate surface area is 65.2 Å². The summed E-state index contributed by atoms with van der Waals surface area (Å²) in [5, 5.41) is 10.8. The molecule has 0 fully saturated rings. The summed E-state index contributed by atoms with van der Waals surface area (Å²) >= 11 is 0. The second-order valence-corrected chi connectivity index (χ2v) is 1.88. The van der Waals surface area contributed by atoms with Gasteiger partial charge in [0.25, 0.3) is 0 Å². The maximum Gasteiger partial charge on any atom is 0.331 e. The molecule has 0 spiro atoms. The van der Waals surface area contributed by atoms with Crippen LogP contribution in [0.3, 0.4) is 0 Å². The van der Waals surface area contributed by atoms with Gasteiger partial charge in [-0.25, -0.2) is 4.79 Å². The topological polar surface area (TPSA) is 58.9 Å². The molecule has 0 bridgehead atoms. The van der Waals surface area contributed by atoms with E-state index in [4.69, 9.17) is 5.21 Å². The first-order valence-corrected chi connectivity index (χ1v) is 3.23. The third-order valence-electron chi connectivity index (χ3n) is 0.893. The van der Waals surface area contributed by atoms with Gasteiger partial charge in [-0.3, -0.25) is 0 Å². The third kappa shape index (κ3) is 5.14. The number of carbonyl (C=O) groups excluding carboxylic acids is 1. The molecule has 0 aliphatic rings. The van der Waals surface area contributed by atoms with Gasteiger partial charge in [0.2, 0.25) is 0 Å². The van der Waals surface area contributed by atoms with Crippen LogP contribution in [-0.4, -0.2) is 24.0 Å². The highest BCUT2D eigenvalue weighted by atomic mass is 16.5. The van der Waals surface area contributed by atoms with Gasteiger partial charge in [-0.1, -0.05) is 5.16 Å². The Kier molecular flexibility index (Phi) is 4.81. The van der Waals surface area contributed by atoms with E-state index in [0.717, 1.165) is 6.21 Å². The van der Waals surface area contributed by atoms with Gasteiger partial charge in [0.05, 0.1) is 12.8 Å². The van der Waals surface area contributed by atoms with Crippen molar-refractivity contribution in [3.8, 4) is 0 Å². The molecule has 0 heterocycles. The summed E-state index contributed by atoms with van der Waals surface area (Å²) in [6.45, 7) is 3.71. The lowest BCUT2D eigenvalue weighted by atomic mass is 10.3. The summed E-state index contributed by atoms with van der Waals surface area (Å²) in [6, 6.07) is 0. The predicted molar refractivity (Wildman–Crippen MR) is 40.7 cm³/mol. The molecule has 0 aliphatic heterocycles. The number of hydrogen-bond donors (Lipinski definition) is 1. The van der Waals surface area contributed by atoms with Crippen LogP contribution in [0.25, 0.3) is 0 Å². The zero-order valence-corrected chi connectivity index (χ0v) is 6.57. The van der Waals surface area contributed by atoms with Crippen molar-refractivity contribution in [3.63, 3.8) is 0 Å². The quantitative estimate of drug-likeness (QED) is 0.218. The van der Waals surface area contributed by atoms with Gasteiger partial charge in [0.1, 0.15) is 0 Å². The largest absolute Gasteiger partial charge is 0.463 e. The number of ether oxygens (including phenoxy) is 1. The lowest BCUT2D eigenvalue weighted by Gasteiger charge is -1.94. The summed E-state index contributed by atoms with van der Waals surface area (Å²) < 4.78 is 4.60. The molecule has 0 aromatic carbocycles. The second-order valence-electron chi connectivity index (χ2n) is 1.88. The van der Waals surface area contributed by atoms with Crippen molar-refractivity contribution in [1.82, 2.24) is 0 Å². The monoisotopic (exact) mass is 157 g/mol. The lowest BCUT2D eigenvalue weighted by molar-refractivity contribution is -0.137. The first-order valence-electron chi connectivity index (χ1n) is 3.23. The van der Waals surface area contributed by atoms with Gasteiger partial charge in [0, 0.05) is 6.08 Å². The molecule has 11 heavy (non-hydrogen) atoms. The standard InChI is InChI=1S/C7H11NO3/c1-3-11-7(9)4-6(2)5-8-10/h4-5,10H,3H2,1-2H3/b6-4+,8-5+. The summed E-state index contributed by atoms with van der Waals surface area (Å²) in [5.74, 6) is -0.426. The average molecular weight is 157 g/mol. The Bertz CT molecular complexity index is 184. The van der Waals surface area contributed by atoms with Crippen molar-refractivity contribution in [1.29, 1.82) is 0 Å². The van der Waals surface area contributed by atoms with Gasteiger partial charge in [-0.05, 0) is 19.4 Å². The minimum absolute atomic E-state index is 0.346. The van der Waals surface area contributed by atoms with E-state index in [1.54, 1.807) is 13.8 Å². The first kappa shape index (κ1) is 9.68. The first-order chi connectivity index (χ1) is 5.20. The number of hydrogen-bond acceptors (Lipinski definition) is 4. The fourth-order valence-electron chi connectivity index (χ4n) is 0.498. The Morgan fingerprint density at radius 2 is 2.36 bits per heavy atom. The summed E-state index contributed by atoms with van der Waals surface area (Å²) in [4.78, 5) is 10.7. The van der Waals surface area contributed by atoms with E-state index >= 15 is 0 Å². The van der Waals surface area contributed by atoms with Crippen LogP contribution in [0.4, 0.5) is 0 Å². The number of carbonyl (C=O) groups is 1. The number of rotatable bonds is 3. The Morgan fingerprint density at radius 1 is 1.73 bits per heavy atom. The summed E-state index contributed by atoms with van der Waals surface area (Å²) in [5.41, 5.74) is 0.547. The van der Waals surface area contributed by atoms with E-state index in [0.29, 0.717) is 12.2 Å². The maximum absolute atomic E-state index is 10.7. The summed E-state index contributed by atoms with van der Waals surface area (Å²) in [7, 11) is 0. The van der Waals surface area contributed by atoms with Crippen LogP contribution >= 0.6 is 0 Å². The highest BCUT2D eigenvalue weighted by Crippen LogP contribution is 1.89. The van der Waals surface area contributed by atoms with E-state index < -0.39 is 5.97 Å². The molecule has 0 aromatic heterocycles. The Morgan fingerprint density at radius 3 is 2.82 bits per heavy atom. The van der Waals surface area contributed by atoms with Crippen LogP contribution in [0.1, 0.15) is 13.8 Å². The SMILES string of the molecule is CCOC(=O)/C=C(C)/C=N/O. The van der Waals surface area contributed by atoms with E-state index in [9.17, 15) is 4.79 Å². The van der Waals surface area contributed by atoms with Gasteiger partial charge >= 0.3 is 5.97 Å². The third-order valence-corrected chi connectivity index (χ3v) is 0.893. The normalized spacial score (nSPS) is 12.0. The molecule has 0 aromatic rings. The van der Waals surface area contributed by atoms with Crippen molar-refractivity contribution in [2.45, 2.75) is 13.8 Å². The van der Waals surface area contributed by atoms with Crippen molar-refractivity contribution >= 4 is 12.2 Å². The smallest absolute Gasteiger partial charge is 0.331 e. The van der Waals surface area contributed by atoms with Gasteiger partial charge in [-0.2, -0.15) is 0 Å². The molecule has 0 rings (SSSR count). The fourth-order valence-corrected chi connectivity index (χ4v) is 0.498. The van der Waals surface area contributed by atoms with Crippen LogP contribution < -0.4 is 0 Å². The molecule has 0 amide bonds. The van der Waals surface area contributed by atoms with E-state index in [1.807, 2.05) is 0 Å². The van der Waals surface area contributed by atoms with E-state index in [-0.39, 0.29) is 0 Å². The molecule has 0 aliphatic carbocycles. The molecule has 0 unspecified atom stereocenters. The van der Waals surface area contributed by atoms with Crippen molar-refractivity contribution < 1.29 is 14.7 Å². The van der Waals surface area contributed by atoms with Crippen LogP contribution in [0.15, 0.2) is 16.8 Å². The average Bonchev–Trinajstić information content (AvgIpc) is 1.87. The van der Waals surface area contributed by atoms with Gasteiger partial charge < -0.3 is 9.94 Å². The Hall–Kier alpha value is -1.32. The van der Waals surface area contributed by atoms with Crippen molar-refractivity contribution in [2.75, 3.05) is 6.61 Å². The van der Waals surface area contributed by atoms with Crippen LogP contribution in [0.2, 0.25) is 0 Å². The Balaban J connectivity index is 3.96.